The second-order valence-corrected chi connectivity index (χ2v) is 5.57. The third-order valence-corrected chi connectivity index (χ3v) is 3.79. The molecule has 118 valence electrons. The first-order valence-electron chi connectivity index (χ1n) is 7.33. The largest absolute Gasteiger partial charge is 0.355 e. The maximum atomic E-state index is 12.8. The molecule has 3 aromatic rings. The van der Waals surface area contributed by atoms with Crippen LogP contribution in [0.25, 0.3) is 16.7 Å². The van der Waals surface area contributed by atoms with Crippen LogP contribution in [-0.2, 0) is 0 Å². The van der Waals surface area contributed by atoms with E-state index in [1.807, 2.05) is 19.9 Å². The van der Waals surface area contributed by atoms with Crippen LogP contribution in [0.2, 0.25) is 0 Å². The van der Waals surface area contributed by atoms with E-state index in [4.69, 9.17) is 5.73 Å². The Morgan fingerprint density at radius 2 is 2.13 bits per heavy atom. The molecule has 0 spiro atoms. The van der Waals surface area contributed by atoms with Gasteiger partial charge in [-0.3, -0.25) is 14.0 Å². The molecule has 3 rings (SSSR count). The quantitative estimate of drug-likeness (QED) is 0.537. The van der Waals surface area contributed by atoms with Crippen molar-refractivity contribution >= 4 is 28.4 Å². The fraction of sp³-hybridized carbons (Fsp3) is 0.250. The van der Waals surface area contributed by atoms with Crippen LogP contribution in [0.4, 0.5) is 5.82 Å². The Bertz CT molecular complexity index is 991. The van der Waals surface area contributed by atoms with Crippen LogP contribution in [0, 0.1) is 0 Å². The summed E-state index contributed by atoms with van der Waals surface area (Å²) in [6.07, 6.45) is 1.65. The molecule has 0 bridgehead atoms. The van der Waals surface area contributed by atoms with Gasteiger partial charge in [0.05, 0.1) is 6.04 Å². The van der Waals surface area contributed by atoms with Crippen LogP contribution < -0.4 is 21.2 Å². The molecule has 23 heavy (non-hydrogen) atoms. The lowest BCUT2D eigenvalue weighted by molar-refractivity contribution is -0.679. The molecule has 0 saturated heterocycles. The van der Waals surface area contributed by atoms with E-state index in [2.05, 4.69) is 10.3 Å². The lowest BCUT2D eigenvalue weighted by Gasteiger charge is -2.13. The van der Waals surface area contributed by atoms with Crippen LogP contribution in [0.1, 0.15) is 30.2 Å². The van der Waals surface area contributed by atoms with Gasteiger partial charge in [-0.25, -0.2) is 4.57 Å². The lowest BCUT2D eigenvalue weighted by atomic mass is 10.1. The average molecular weight is 312 g/mol. The van der Waals surface area contributed by atoms with Gasteiger partial charge in [-0.1, -0.05) is 11.1 Å². The predicted octanol–water partition coefficient (Wildman–Crippen LogP) is 0.658. The van der Waals surface area contributed by atoms with Gasteiger partial charge in [0.15, 0.2) is 0 Å². The van der Waals surface area contributed by atoms with E-state index in [0.717, 1.165) is 0 Å². The molecule has 0 fully saturated rings. The highest BCUT2D eigenvalue weighted by molar-refractivity contribution is 6.00. The topological polar surface area (TPSA) is 93.4 Å². The van der Waals surface area contributed by atoms with Crippen LogP contribution in [0.3, 0.4) is 0 Å². The Morgan fingerprint density at radius 1 is 1.39 bits per heavy atom. The molecule has 0 aromatic carbocycles. The minimum Gasteiger partial charge on any atom is -0.355 e. The number of rotatable bonds is 2. The number of pyridine rings is 2. The molecule has 0 aliphatic rings. The van der Waals surface area contributed by atoms with Crippen LogP contribution in [0.15, 0.2) is 35.3 Å². The van der Waals surface area contributed by atoms with E-state index in [9.17, 15) is 9.59 Å². The molecule has 7 heteroatoms. The second kappa shape index (κ2) is 5.35. The van der Waals surface area contributed by atoms with Crippen molar-refractivity contribution < 1.29 is 9.36 Å². The number of nitrogens with two attached hydrogens (primary N) is 1. The number of nitrogen functional groups attached to an aromatic ring is 1. The van der Waals surface area contributed by atoms with Crippen LogP contribution in [-0.4, -0.2) is 22.3 Å². The highest BCUT2D eigenvalue weighted by Crippen LogP contribution is 2.16. The minimum absolute atomic E-state index is 0.0554. The number of hydrogen-bond donors (Lipinski definition) is 2. The average Bonchev–Trinajstić information content (AvgIpc) is 2.53. The van der Waals surface area contributed by atoms with Gasteiger partial charge in [-0.2, -0.15) is 0 Å². The number of nitrogens with one attached hydrogen (secondary N) is 1. The Kier molecular flexibility index (Phi) is 3.48. The van der Waals surface area contributed by atoms with Crippen molar-refractivity contribution in [2.24, 2.45) is 0 Å². The van der Waals surface area contributed by atoms with Gasteiger partial charge in [-0.05, 0) is 32.0 Å². The zero-order valence-corrected chi connectivity index (χ0v) is 13.2. The first kappa shape index (κ1) is 15.0. The van der Waals surface area contributed by atoms with Gasteiger partial charge in [0.2, 0.25) is 11.5 Å². The van der Waals surface area contributed by atoms with Gasteiger partial charge < -0.3 is 11.1 Å². The normalized spacial score (nSPS) is 11.3. The molecule has 1 amide bonds. The lowest BCUT2D eigenvalue weighted by Crippen LogP contribution is -2.44. The van der Waals surface area contributed by atoms with Gasteiger partial charge in [-0.15, -0.1) is 0 Å². The second-order valence-electron chi connectivity index (χ2n) is 5.57. The summed E-state index contributed by atoms with van der Waals surface area (Å²) in [6.45, 7) is 3.86. The van der Waals surface area contributed by atoms with Crippen molar-refractivity contribution in [1.82, 2.24) is 14.7 Å². The number of carbonyl (C=O) groups excluding carboxylic acids is 1. The maximum Gasteiger partial charge on any atom is 0.278 e. The number of nitrogens with zero attached hydrogens (tertiary/aromatic N) is 3. The standard InChI is InChI=1S/C16H17N5O2/c1-9(2)21-13(17)10(15(22)18-3)8-11-14(21)19-12-6-4-5-7-20(12)16(11)23/h4-9,17H,1-3H3,(H,18,22)/p+1. The van der Waals surface area contributed by atoms with Crippen molar-refractivity contribution in [2.75, 3.05) is 12.8 Å². The van der Waals surface area contributed by atoms with Crippen LogP contribution >= 0.6 is 0 Å². The number of anilines is 1. The first-order chi connectivity index (χ1) is 11.0. The fourth-order valence-electron chi connectivity index (χ4n) is 2.70. The molecule has 3 heterocycles. The van der Waals surface area contributed by atoms with Gasteiger partial charge in [0.1, 0.15) is 10.9 Å². The molecule has 0 radical (unpaired) electrons. The smallest absolute Gasteiger partial charge is 0.278 e. The Labute approximate surface area is 132 Å². The van der Waals surface area contributed by atoms with Gasteiger partial charge in [0, 0.05) is 13.2 Å². The molecule has 0 aliphatic carbocycles. The predicted molar refractivity (Wildman–Crippen MR) is 87.4 cm³/mol. The van der Waals surface area contributed by atoms with E-state index in [1.54, 1.807) is 22.9 Å². The third kappa shape index (κ3) is 2.21. The Morgan fingerprint density at radius 3 is 2.78 bits per heavy atom. The van der Waals surface area contributed by atoms with Crippen molar-refractivity contribution in [3.63, 3.8) is 0 Å². The molecular weight excluding hydrogens is 294 g/mol. The monoisotopic (exact) mass is 312 g/mol. The number of aromatic nitrogens is 3. The van der Waals surface area contributed by atoms with E-state index >= 15 is 0 Å². The molecule has 3 aromatic heterocycles. The molecule has 7 nitrogen and oxygen atoms in total. The highest BCUT2D eigenvalue weighted by Gasteiger charge is 2.25. The summed E-state index contributed by atoms with van der Waals surface area (Å²) in [5, 5.41) is 2.90. The molecule has 0 unspecified atom stereocenters. The van der Waals surface area contributed by atoms with E-state index in [0.29, 0.717) is 22.5 Å². The van der Waals surface area contributed by atoms with E-state index in [-0.39, 0.29) is 23.1 Å². The molecule has 0 aliphatic heterocycles. The molecule has 0 saturated carbocycles. The summed E-state index contributed by atoms with van der Waals surface area (Å²) in [5.41, 5.74) is 7.22. The summed E-state index contributed by atoms with van der Waals surface area (Å²) in [7, 11) is 1.52. The fourth-order valence-corrected chi connectivity index (χ4v) is 2.70. The van der Waals surface area contributed by atoms with Gasteiger partial charge in [0.25, 0.3) is 17.1 Å². The van der Waals surface area contributed by atoms with E-state index in [1.165, 1.54) is 17.5 Å². The highest BCUT2D eigenvalue weighted by atomic mass is 16.1. The van der Waals surface area contributed by atoms with Gasteiger partial charge >= 0.3 is 0 Å². The van der Waals surface area contributed by atoms with Crippen molar-refractivity contribution in [3.8, 4) is 0 Å². The van der Waals surface area contributed by atoms with Crippen LogP contribution in [0.5, 0.6) is 0 Å². The maximum absolute atomic E-state index is 12.8. The van der Waals surface area contributed by atoms with Crippen molar-refractivity contribution in [1.29, 1.82) is 0 Å². The summed E-state index contributed by atoms with van der Waals surface area (Å²) in [4.78, 5) is 29.4. The number of amides is 1. The summed E-state index contributed by atoms with van der Waals surface area (Å²) in [6, 6.07) is 6.79. The Hall–Kier alpha value is -2.96. The summed E-state index contributed by atoms with van der Waals surface area (Å²) >= 11 is 0. The first-order valence-corrected chi connectivity index (χ1v) is 7.33. The van der Waals surface area contributed by atoms with Crippen molar-refractivity contribution in [2.45, 2.75) is 19.9 Å². The molecule has 3 N–H and O–H groups in total. The number of carbonyl (C=O) groups is 1. The van der Waals surface area contributed by atoms with E-state index < -0.39 is 0 Å². The molecular formula is C16H18N5O2+. The summed E-state index contributed by atoms with van der Waals surface area (Å²) in [5.74, 6) is -0.0459. The summed E-state index contributed by atoms with van der Waals surface area (Å²) < 4.78 is 3.17. The zero-order chi connectivity index (χ0) is 16.7. The number of hydrogen-bond acceptors (Lipinski definition) is 4. The SMILES string of the molecule is CNC(=O)c1cc2c(=O)n3ccccc3nc2[n+](C(C)C)c1N. The minimum atomic E-state index is -0.337. The third-order valence-electron chi connectivity index (χ3n) is 3.79. The number of fused-ring (bicyclic) bond motifs is 2. The molecule has 0 atom stereocenters. The zero-order valence-electron chi connectivity index (χ0n) is 13.2. The Balaban J connectivity index is 2.56. The van der Waals surface area contributed by atoms with Crippen molar-refractivity contribution in [3.05, 3.63) is 46.4 Å².